The molecule has 0 saturated carbocycles. The fraction of sp³-hybridized carbons (Fsp3) is 0.250. The molecule has 0 bridgehead atoms. The van der Waals surface area contributed by atoms with Crippen LogP contribution in [0.3, 0.4) is 0 Å². The van der Waals surface area contributed by atoms with Crippen molar-refractivity contribution in [2.75, 3.05) is 0 Å². The van der Waals surface area contributed by atoms with Crippen molar-refractivity contribution in [1.29, 1.82) is 0 Å². The van der Waals surface area contributed by atoms with E-state index in [9.17, 15) is 4.79 Å². The van der Waals surface area contributed by atoms with Crippen molar-refractivity contribution < 1.29 is 0 Å². The maximum atomic E-state index is 11.4. The highest BCUT2D eigenvalue weighted by molar-refractivity contribution is 5.45. The third-order valence-corrected chi connectivity index (χ3v) is 1.91. The highest BCUT2D eigenvalue weighted by Gasteiger charge is 2.02. The minimum Gasteiger partial charge on any atom is -0.299 e. The monoisotopic (exact) mass is 163 g/mol. The summed E-state index contributed by atoms with van der Waals surface area (Å²) in [6.45, 7) is 1.87. The van der Waals surface area contributed by atoms with Crippen LogP contribution in [-0.2, 0) is 7.05 Å². The van der Waals surface area contributed by atoms with Crippen LogP contribution in [0.25, 0.3) is 5.52 Å². The summed E-state index contributed by atoms with van der Waals surface area (Å²) < 4.78 is 3.13. The van der Waals surface area contributed by atoms with E-state index in [1.165, 1.54) is 4.68 Å². The molecular formula is C8H9N3O. The molecule has 2 heterocycles. The minimum atomic E-state index is -0.0643. The number of hydrogen-bond acceptors (Lipinski definition) is 2. The first-order valence-electron chi connectivity index (χ1n) is 3.71. The van der Waals surface area contributed by atoms with Crippen LogP contribution in [0.2, 0.25) is 0 Å². The Hall–Kier alpha value is -1.58. The Morgan fingerprint density at radius 2 is 2.25 bits per heavy atom. The molecule has 2 rings (SSSR count). The molecule has 0 saturated heterocycles. The Morgan fingerprint density at radius 1 is 1.50 bits per heavy atom. The normalized spacial score (nSPS) is 10.8. The molecule has 0 N–H and O–H groups in total. The molecule has 0 aliphatic heterocycles. The molecule has 0 aromatic carbocycles. The van der Waals surface area contributed by atoms with E-state index in [2.05, 4.69) is 5.10 Å². The van der Waals surface area contributed by atoms with Crippen molar-refractivity contribution in [1.82, 2.24) is 14.2 Å². The maximum absolute atomic E-state index is 11.4. The Morgan fingerprint density at radius 3 is 3.00 bits per heavy atom. The van der Waals surface area contributed by atoms with Gasteiger partial charge in [-0.15, -0.1) is 0 Å². The van der Waals surface area contributed by atoms with Gasteiger partial charge in [0.15, 0.2) is 0 Å². The molecule has 0 aliphatic rings. The topological polar surface area (TPSA) is 39.3 Å². The van der Waals surface area contributed by atoms with Crippen LogP contribution < -0.4 is 5.56 Å². The van der Waals surface area contributed by atoms with Gasteiger partial charge in [0.25, 0.3) is 5.56 Å². The van der Waals surface area contributed by atoms with E-state index in [1.54, 1.807) is 17.5 Å². The largest absolute Gasteiger partial charge is 0.299 e. The van der Waals surface area contributed by atoms with Crippen molar-refractivity contribution in [3.63, 3.8) is 0 Å². The summed E-state index contributed by atoms with van der Waals surface area (Å²) in [6, 6.07) is 3.63. The summed E-state index contributed by atoms with van der Waals surface area (Å²) in [7, 11) is 1.66. The molecule has 0 spiro atoms. The smallest absolute Gasteiger partial charge is 0.290 e. The second kappa shape index (κ2) is 2.20. The molecule has 0 radical (unpaired) electrons. The zero-order valence-electron chi connectivity index (χ0n) is 6.98. The number of hydrogen-bond donors (Lipinski definition) is 0. The van der Waals surface area contributed by atoms with Gasteiger partial charge in [-0.2, -0.15) is 5.10 Å². The Balaban J connectivity index is 3.07. The molecule has 2 aromatic rings. The number of rotatable bonds is 0. The van der Waals surface area contributed by atoms with E-state index in [0.717, 1.165) is 5.82 Å². The lowest BCUT2D eigenvalue weighted by molar-refractivity contribution is 0.669. The number of nitrogens with zero attached hydrogens (tertiary/aromatic N) is 3. The van der Waals surface area contributed by atoms with Crippen LogP contribution >= 0.6 is 0 Å². The molecule has 4 nitrogen and oxygen atoms in total. The molecule has 4 heteroatoms. The number of aromatic nitrogens is 3. The zero-order valence-corrected chi connectivity index (χ0v) is 6.98. The van der Waals surface area contributed by atoms with E-state index in [4.69, 9.17) is 0 Å². The Labute approximate surface area is 69.1 Å². The van der Waals surface area contributed by atoms with Gasteiger partial charge in [-0.1, -0.05) is 0 Å². The first kappa shape index (κ1) is 7.09. The van der Waals surface area contributed by atoms with Crippen LogP contribution in [0.15, 0.2) is 23.1 Å². The number of aryl methyl sites for hydroxylation is 2. The van der Waals surface area contributed by atoms with Crippen LogP contribution in [0, 0.1) is 6.92 Å². The SMILES string of the molecule is Cc1nn(C)c(=O)c2cccn12. The maximum Gasteiger partial charge on any atom is 0.290 e. The average molecular weight is 163 g/mol. The molecule has 62 valence electrons. The van der Waals surface area contributed by atoms with Crippen molar-refractivity contribution in [3.05, 3.63) is 34.5 Å². The molecule has 0 amide bonds. The van der Waals surface area contributed by atoms with Gasteiger partial charge in [0, 0.05) is 13.2 Å². The molecule has 0 unspecified atom stereocenters. The van der Waals surface area contributed by atoms with Gasteiger partial charge >= 0.3 is 0 Å². The summed E-state index contributed by atoms with van der Waals surface area (Å²) in [4.78, 5) is 11.4. The first-order valence-corrected chi connectivity index (χ1v) is 3.71. The highest BCUT2D eigenvalue weighted by atomic mass is 16.1. The predicted molar refractivity (Wildman–Crippen MR) is 45.2 cm³/mol. The van der Waals surface area contributed by atoms with Gasteiger partial charge in [-0.25, -0.2) is 4.68 Å². The van der Waals surface area contributed by atoms with E-state index in [1.807, 2.05) is 19.2 Å². The molecule has 0 aliphatic carbocycles. The quantitative estimate of drug-likeness (QED) is 0.562. The second-order valence-corrected chi connectivity index (χ2v) is 2.74. The van der Waals surface area contributed by atoms with E-state index in [0.29, 0.717) is 5.52 Å². The summed E-state index contributed by atoms with van der Waals surface area (Å²) in [5.74, 6) is 0.817. The first-order chi connectivity index (χ1) is 5.70. The average Bonchev–Trinajstić information content (AvgIpc) is 2.48. The molecule has 12 heavy (non-hydrogen) atoms. The third kappa shape index (κ3) is 0.777. The van der Waals surface area contributed by atoms with Crippen molar-refractivity contribution in [3.8, 4) is 0 Å². The van der Waals surface area contributed by atoms with E-state index in [-0.39, 0.29) is 5.56 Å². The van der Waals surface area contributed by atoms with Gasteiger partial charge in [-0.05, 0) is 19.1 Å². The Bertz CT molecular complexity index is 480. The summed E-state index contributed by atoms with van der Waals surface area (Å²) in [5.41, 5.74) is 0.607. The van der Waals surface area contributed by atoms with Gasteiger partial charge < -0.3 is 0 Å². The number of fused-ring (bicyclic) bond motifs is 1. The lowest BCUT2D eigenvalue weighted by Gasteiger charge is -2.01. The minimum absolute atomic E-state index is 0.0643. The summed E-state index contributed by atoms with van der Waals surface area (Å²) in [6.07, 6.45) is 1.83. The zero-order chi connectivity index (χ0) is 8.72. The summed E-state index contributed by atoms with van der Waals surface area (Å²) in [5, 5.41) is 4.04. The van der Waals surface area contributed by atoms with Crippen molar-refractivity contribution in [2.45, 2.75) is 6.92 Å². The van der Waals surface area contributed by atoms with E-state index >= 15 is 0 Å². The van der Waals surface area contributed by atoms with Crippen molar-refractivity contribution >= 4 is 5.52 Å². The lowest BCUT2D eigenvalue weighted by atomic mass is 10.5. The molecule has 2 aromatic heterocycles. The third-order valence-electron chi connectivity index (χ3n) is 1.91. The van der Waals surface area contributed by atoms with Crippen LogP contribution in [-0.4, -0.2) is 14.2 Å². The van der Waals surface area contributed by atoms with Crippen molar-refractivity contribution in [2.24, 2.45) is 7.05 Å². The van der Waals surface area contributed by atoms with Gasteiger partial charge in [0.2, 0.25) is 0 Å². The molecule has 0 atom stereocenters. The van der Waals surface area contributed by atoms with Crippen LogP contribution in [0.4, 0.5) is 0 Å². The van der Waals surface area contributed by atoms with Gasteiger partial charge in [0.1, 0.15) is 11.3 Å². The van der Waals surface area contributed by atoms with E-state index < -0.39 is 0 Å². The van der Waals surface area contributed by atoms with Gasteiger partial charge in [0.05, 0.1) is 0 Å². The second-order valence-electron chi connectivity index (χ2n) is 2.74. The van der Waals surface area contributed by atoms with Gasteiger partial charge in [-0.3, -0.25) is 9.20 Å². The predicted octanol–water partition coefficient (Wildman–Crippen LogP) is 0.341. The standard InChI is InChI=1S/C8H9N3O/c1-6-9-10(2)8(12)7-4-3-5-11(6)7/h3-5H,1-2H3. The fourth-order valence-electron chi connectivity index (χ4n) is 1.31. The fourth-order valence-corrected chi connectivity index (χ4v) is 1.31. The lowest BCUT2D eigenvalue weighted by Crippen LogP contribution is -2.22. The molecule has 0 fully saturated rings. The highest BCUT2D eigenvalue weighted by Crippen LogP contribution is 1.99. The Kier molecular flexibility index (Phi) is 1.30. The van der Waals surface area contributed by atoms with Crippen LogP contribution in [0.1, 0.15) is 5.82 Å². The molecular weight excluding hydrogens is 154 g/mol. The van der Waals surface area contributed by atoms with Crippen LogP contribution in [0.5, 0.6) is 0 Å². The summed E-state index contributed by atoms with van der Waals surface area (Å²) >= 11 is 0.